The highest BCUT2D eigenvalue weighted by Gasteiger charge is 2.21. The quantitative estimate of drug-likeness (QED) is 0.168. The number of thiophene rings is 1. The molecular weight excluding hydrogens is 789 g/mol. The normalized spacial score (nSPS) is 11.8. The molecule has 0 amide bonds. The molecule has 63 heavy (non-hydrogen) atoms. The number of nitrogens with zero attached hydrogens (tertiary/aromatic N) is 4. The van der Waals surface area contributed by atoms with Gasteiger partial charge in [0.15, 0.2) is 23.1 Å². The van der Waals surface area contributed by atoms with Crippen molar-refractivity contribution < 1.29 is 4.42 Å². The Hall–Kier alpha value is -8.19. The molecule has 13 rings (SSSR count). The number of rotatable bonds is 6. The van der Waals surface area contributed by atoms with E-state index in [0.29, 0.717) is 17.5 Å². The topological polar surface area (TPSA) is 56.7 Å². The highest BCUT2D eigenvalue weighted by Crippen LogP contribution is 2.43. The minimum Gasteiger partial charge on any atom is -0.454 e. The van der Waals surface area contributed by atoms with Crippen molar-refractivity contribution in [3.05, 3.63) is 206 Å². The van der Waals surface area contributed by atoms with Gasteiger partial charge >= 0.3 is 0 Å². The maximum Gasteiger partial charge on any atom is 0.164 e. The van der Waals surface area contributed by atoms with Gasteiger partial charge in [-0.3, -0.25) is 0 Å². The van der Waals surface area contributed by atoms with Gasteiger partial charge in [-0.1, -0.05) is 158 Å². The summed E-state index contributed by atoms with van der Waals surface area (Å²) in [6, 6.07) is 72.6. The summed E-state index contributed by atoms with van der Waals surface area (Å²) < 4.78 is 11.7. The predicted octanol–water partition coefficient (Wildman–Crippen LogP) is 15.6. The van der Waals surface area contributed by atoms with Crippen LogP contribution >= 0.6 is 11.3 Å². The standard InChI is InChI=1S/C57H34N4OS/c1-4-14-35(15-5-1)38-28-31-48-46(32-38)41-20-10-11-23-47(41)61(48)49-24-12-21-43-42-29-27-40(33-50(42)62-54(43)49)56-58-55(37-18-8-3-9-19-37)59-57(60-56)45-22-13-25-51-53(45)44-30-26-39(34-52(44)63-51)36-16-6-2-7-17-36/h1-34H. The number of furan rings is 1. The molecule has 0 aliphatic heterocycles. The summed E-state index contributed by atoms with van der Waals surface area (Å²) in [5.41, 5.74) is 12.4. The summed E-state index contributed by atoms with van der Waals surface area (Å²) in [7, 11) is 0. The smallest absolute Gasteiger partial charge is 0.164 e. The third-order valence-electron chi connectivity index (χ3n) is 12.3. The molecule has 0 atom stereocenters. The zero-order valence-electron chi connectivity index (χ0n) is 33.7. The Bertz CT molecular complexity index is 3910. The van der Waals surface area contributed by atoms with Crippen LogP contribution in [0.4, 0.5) is 0 Å². The van der Waals surface area contributed by atoms with Gasteiger partial charge in [0.1, 0.15) is 5.58 Å². The van der Waals surface area contributed by atoms with Gasteiger partial charge in [0, 0.05) is 58.4 Å². The number of hydrogen-bond donors (Lipinski definition) is 0. The number of benzene rings is 9. The molecule has 4 aromatic heterocycles. The number of hydrogen-bond acceptors (Lipinski definition) is 5. The Morgan fingerprint density at radius 2 is 0.968 bits per heavy atom. The largest absolute Gasteiger partial charge is 0.454 e. The van der Waals surface area contributed by atoms with Crippen LogP contribution in [0.15, 0.2) is 211 Å². The van der Waals surface area contributed by atoms with Crippen molar-refractivity contribution in [3.63, 3.8) is 0 Å². The maximum atomic E-state index is 6.94. The summed E-state index contributed by atoms with van der Waals surface area (Å²) in [5.74, 6) is 1.83. The first-order valence-electron chi connectivity index (χ1n) is 21.1. The monoisotopic (exact) mass is 822 g/mol. The molecule has 0 unspecified atom stereocenters. The van der Waals surface area contributed by atoms with Crippen LogP contribution < -0.4 is 0 Å². The second-order valence-corrected chi connectivity index (χ2v) is 17.0. The minimum atomic E-state index is 0.584. The molecule has 4 heterocycles. The van der Waals surface area contributed by atoms with Gasteiger partial charge in [-0.15, -0.1) is 11.3 Å². The molecule has 5 nitrogen and oxygen atoms in total. The lowest BCUT2D eigenvalue weighted by Crippen LogP contribution is -2.00. The molecule has 0 radical (unpaired) electrons. The molecule has 6 heteroatoms. The van der Waals surface area contributed by atoms with Crippen molar-refractivity contribution in [2.45, 2.75) is 0 Å². The van der Waals surface area contributed by atoms with E-state index in [0.717, 1.165) is 60.7 Å². The third-order valence-corrected chi connectivity index (χ3v) is 13.4. The van der Waals surface area contributed by atoms with Gasteiger partial charge < -0.3 is 8.98 Å². The lowest BCUT2D eigenvalue weighted by Gasteiger charge is -2.10. The summed E-state index contributed by atoms with van der Waals surface area (Å²) >= 11 is 1.80. The number of para-hydroxylation sites is 2. The molecule has 9 aromatic carbocycles. The molecular formula is C57H34N4OS. The van der Waals surface area contributed by atoms with Crippen molar-refractivity contribution in [1.29, 1.82) is 0 Å². The summed E-state index contributed by atoms with van der Waals surface area (Å²) in [4.78, 5) is 15.5. The first-order chi connectivity index (χ1) is 31.2. The van der Waals surface area contributed by atoms with E-state index in [1.165, 1.54) is 47.8 Å². The molecule has 0 N–H and O–H groups in total. The molecule has 0 spiro atoms. The number of aromatic nitrogens is 4. The Kier molecular flexibility index (Phi) is 8.01. The van der Waals surface area contributed by atoms with E-state index in [2.05, 4.69) is 193 Å². The van der Waals surface area contributed by atoms with Crippen LogP contribution in [-0.2, 0) is 0 Å². The van der Waals surface area contributed by atoms with Crippen molar-refractivity contribution in [1.82, 2.24) is 19.5 Å². The number of fused-ring (bicyclic) bond motifs is 9. The third kappa shape index (κ3) is 5.80. The molecule has 0 bridgehead atoms. The Balaban J connectivity index is 0.968. The predicted molar refractivity (Wildman–Crippen MR) is 262 cm³/mol. The van der Waals surface area contributed by atoms with Crippen molar-refractivity contribution in [3.8, 4) is 62.1 Å². The van der Waals surface area contributed by atoms with Crippen LogP contribution in [0.25, 0.3) is 126 Å². The van der Waals surface area contributed by atoms with Gasteiger partial charge in [-0.25, -0.2) is 15.0 Å². The lowest BCUT2D eigenvalue weighted by molar-refractivity contribution is 0.666. The highest BCUT2D eigenvalue weighted by atomic mass is 32.1. The van der Waals surface area contributed by atoms with Gasteiger partial charge in [-0.2, -0.15) is 0 Å². The molecule has 0 fully saturated rings. The average Bonchev–Trinajstić information content (AvgIpc) is 4.03. The van der Waals surface area contributed by atoms with Crippen molar-refractivity contribution >= 4 is 75.3 Å². The fourth-order valence-corrected chi connectivity index (χ4v) is 10.5. The van der Waals surface area contributed by atoms with E-state index in [4.69, 9.17) is 19.4 Å². The Morgan fingerprint density at radius 3 is 1.76 bits per heavy atom. The molecule has 0 saturated heterocycles. The second kappa shape index (κ2) is 14.2. The summed E-state index contributed by atoms with van der Waals surface area (Å²) in [5, 5.41) is 6.81. The summed E-state index contributed by atoms with van der Waals surface area (Å²) in [6.07, 6.45) is 0. The maximum absolute atomic E-state index is 6.94. The van der Waals surface area contributed by atoms with E-state index in [9.17, 15) is 0 Å². The van der Waals surface area contributed by atoms with Crippen LogP contribution in [0.2, 0.25) is 0 Å². The van der Waals surface area contributed by atoms with E-state index in [1.54, 1.807) is 11.3 Å². The van der Waals surface area contributed by atoms with Gasteiger partial charge in [0.2, 0.25) is 0 Å². The van der Waals surface area contributed by atoms with Crippen LogP contribution in [0.1, 0.15) is 0 Å². The van der Waals surface area contributed by atoms with Crippen LogP contribution in [0.5, 0.6) is 0 Å². The fourth-order valence-electron chi connectivity index (χ4n) is 9.31. The van der Waals surface area contributed by atoms with Crippen LogP contribution in [-0.4, -0.2) is 19.5 Å². The zero-order valence-corrected chi connectivity index (χ0v) is 34.6. The van der Waals surface area contributed by atoms with E-state index < -0.39 is 0 Å². The first-order valence-corrected chi connectivity index (χ1v) is 21.9. The summed E-state index contributed by atoms with van der Waals surface area (Å²) in [6.45, 7) is 0. The first kappa shape index (κ1) is 35.6. The molecule has 13 aromatic rings. The Labute approximate surface area is 365 Å². The van der Waals surface area contributed by atoms with Crippen LogP contribution in [0, 0.1) is 0 Å². The van der Waals surface area contributed by atoms with Gasteiger partial charge in [0.05, 0.1) is 16.7 Å². The second-order valence-electron chi connectivity index (χ2n) is 15.9. The zero-order chi connectivity index (χ0) is 41.4. The molecule has 0 saturated carbocycles. The van der Waals surface area contributed by atoms with Crippen LogP contribution in [0.3, 0.4) is 0 Å². The highest BCUT2D eigenvalue weighted by molar-refractivity contribution is 7.26. The molecule has 0 aliphatic rings. The minimum absolute atomic E-state index is 0.584. The van der Waals surface area contributed by atoms with E-state index in [1.807, 2.05) is 18.2 Å². The SMILES string of the molecule is c1ccc(-c2ccc3c(c2)sc2cccc(-c4nc(-c5ccccc5)nc(-c5ccc6c(c5)oc5c(-n7c8ccccc8c8cc(-c9ccccc9)ccc87)cccc56)n4)c23)cc1. The Morgan fingerprint density at radius 1 is 0.365 bits per heavy atom. The molecule has 294 valence electrons. The van der Waals surface area contributed by atoms with Crippen molar-refractivity contribution in [2.24, 2.45) is 0 Å². The van der Waals surface area contributed by atoms with Gasteiger partial charge in [0.25, 0.3) is 0 Å². The lowest BCUT2D eigenvalue weighted by atomic mass is 10.0. The average molecular weight is 823 g/mol. The van der Waals surface area contributed by atoms with E-state index >= 15 is 0 Å². The van der Waals surface area contributed by atoms with Gasteiger partial charge in [-0.05, 0) is 70.8 Å². The van der Waals surface area contributed by atoms with E-state index in [-0.39, 0.29) is 0 Å². The fraction of sp³-hybridized carbons (Fsp3) is 0. The molecule has 0 aliphatic carbocycles. The van der Waals surface area contributed by atoms with Crippen molar-refractivity contribution in [2.75, 3.05) is 0 Å².